The molecule has 0 aliphatic heterocycles. The van der Waals surface area contributed by atoms with Gasteiger partial charge in [-0.15, -0.1) is 0 Å². The van der Waals surface area contributed by atoms with Crippen LogP contribution in [-0.2, 0) is 20.0 Å². The van der Waals surface area contributed by atoms with Gasteiger partial charge in [-0.25, -0.2) is 41.1 Å². The average Bonchev–Trinajstić information content (AvgIpc) is 2.95. The van der Waals surface area contributed by atoms with Gasteiger partial charge in [0.15, 0.2) is 0 Å². The van der Waals surface area contributed by atoms with E-state index in [1.54, 1.807) is 0 Å². The van der Waals surface area contributed by atoms with Crippen LogP contribution >= 0.6 is 11.6 Å². The number of nitrogens with one attached hydrogen (secondary N) is 4. The van der Waals surface area contributed by atoms with Gasteiger partial charge in [-0.3, -0.25) is 10.1 Å². The molecule has 15 nitrogen and oxygen atoms in total. The smallest absolute Gasteiger partial charge is 0.308 e. The monoisotopic (exact) mass is 679 g/mol. The number of carbonyl (C=O) groups is 2. The fourth-order valence-electron chi connectivity index (χ4n) is 3.29. The second-order valence-corrected chi connectivity index (χ2v) is 12.3. The van der Waals surface area contributed by atoms with Gasteiger partial charge in [0.2, 0.25) is 20.0 Å². The van der Waals surface area contributed by atoms with Crippen molar-refractivity contribution in [2.75, 3.05) is 21.3 Å². The standard InChI is InChI=1S/C13H11ClN4O5S.C13H12FN3O3S/c14-11-6-3-9(18(20)21)7-12(11)17-13(19)16-8-1-4-10(5-2-8)24(15,22)23;14-9-1-3-10(4-2-9)16-13(18)17-11-5-7-12(8-6-11)21(15,19)20/h1-7H,(H2,15,22,23)(H2,16,17,19);1-8H,(H2,15,19,20)(H2,16,17,18). The summed E-state index contributed by atoms with van der Waals surface area (Å²) in [5.41, 5.74) is 0.940. The van der Waals surface area contributed by atoms with Gasteiger partial charge in [0.25, 0.3) is 5.69 Å². The second-order valence-electron chi connectivity index (χ2n) is 8.73. The number of hydrogen-bond donors (Lipinski definition) is 6. The molecule has 4 rings (SSSR count). The van der Waals surface area contributed by atoms with Crippen molar-refractivity contribution in [2.45, 2.75) is 9.79 Å². The topological polar surface area (TPSA) is 246 Å². The molecule has 0 heterocycles. The van der Waals surface area contributed by atoms with E-state index in [4.69, 9.17) is 21.9 Å². The van der Waals surface area contributed by atoms with Crippen LogP contribution < -0.4 is 31.5 Å². The highest BCUT2D eigenvalue weighted by molar-refractivity contribution is 7.89. The number of anilines is 4. The maximum Gasteiger partial charge on any atom is 0.323 e. The first kappa shape index (κ1) is 34.4. The molecule has 0 radical (unpaired) electrons. The third kappa shape index (κ3) is 10.8. The minimum atomic E-state index is -3.82. The molecule has 19 heteroatoms. The molecule has 0 bridgehead atoms. The molecular weight excluding hydrogens is 657 g/mol. The van der Waals surface area contributed by atoms with Crippen LogP contribution in [0.25, 0.3) is 0 Å². The van der Waals surface area contributed by atoms with Crippen molar-refractivity contribution in [2.24, 2.45) is 10.3 Å². The van der Waals surface area contributed by atoms with E-state index in [0.717, 1.165) is 6.07 Å². The number of benzene rings is 4. The summed E-state index contributed by atoms with van der Waals surface area (Å²) >= 11 is 5.87. The van der Waals surface area contributed by atoms with Crippen molar-refractivity contribution in [3.63, 3.8) is 0 Å². The number of nitrogens with two attached hydrogens (primary N) is 2. The zero-order valence-corrected chi connectivity index (χ0v) is 25.0. The van der Waals surface area contributed by atoms with Crippen molar-refractivity contribution in [3.05, 3.63) is 112 Å². The van der Waals surface area contributed by atoms with E-state index in [2.05, 4.69) is 21.3 Å². The summed E-state index contributed by atoms with van der Waals surface area (Å²) in [6.07, 6.45) is 0. The Hall–Kier alpha value is -5.14. The van der Waals surface area contributed by atoms with E-state index in [0.29, 0.717) is 17.1 Å². The number of rotatable bonds is 7. The average molecular weight is 680 g/mol. The van der Waals surface area contributed by atoms with Crippen molar-refractivity contribution >= 4 is 72.1 Å². The fraction of sp³-hybridized carbons (Fsp3) is 0. The van der Waals surface area contributed by atoms with Gasteiger partial charge >= 0.3 is 12.1 Å². The maximum absolute atomic E-state index is 12.7. The van der Waals surface area contributed by atoms with Crippen LogP contribution in [0.1, 0.15) is 0 Å². The van der Waals surface area contributed by atoms with E-state index in [1.807, 2.05) is 0 Å². The van der Waals surface area contributed by atoms with Crippen LogP contribution in [0, 0.1) is 15.9 Å². The third-order valence-corrected chi connectivity index (χ3v) is 7.58. The Bertz CT molecular complexity index is 1930. The number of hydrogen-bond acceptors (Lipinski definition) is 8. The van der Waals surface area contributed by atoms with Crippen molar-refractivity contribution < 1.29 is 35.7 Å². The first-order valence-corrected chi connectivity index (χ1v) is 15.6. The molecule has 0 aliphatic carbocycles. The predicted octanol–water partition coefficient (Wildman–Crippen LogP) is 4.66. The molecule has 0 aromatic heterocycles. The molecule has 4 amide bonds. The Labute approximate surface area is 260 Å². The van der Waals surface area contributed by atoms with Crippen LogP contribution in [-0.4, -0.2) is 33.8 Å². The summed E-state index contributed by atoms with van der Waals surface area (Å²) in [5.74, 6) is -0.403. The van der Waals surface area contributed by atoms with E-state index in [1.165, 1.54) is 84.9 Å². The van der Waals surface area contributed by atoms with Gasteiger partial charge < -0.3 is 21.3 Å². The van der Waals surface area contributed by atoms with Gasteiger partial charge in [-0.05, 0) is 78.9 Å². The molecule has 0 spiro atoms. The Morgan fingerprint density at radius 3 is 1.42 bits per heavy atom. The number of sulfonamides is 2. The molecule has 45 heavy (non-hydrogen) atoms. The first-order chi connectivity index (χ1) is 21.0. The summed E-state index contributed by atoms with van der Waals surface area (Å²) in [6.45, 7) is 0. The molecule has 0 fully saturated rings. The predicted molar refractivity (Wildman–Crippen MR) is 165 cm³/mol. The Kier molecular flexibility index (Phi) is 11.1. The van der Waals surface area contributed by atoms with Crippen LogP contribution in [0.4, 0.5) is 42.4 Å². The summed E-state index contributed by atoms with van der Waals surface area (Å²) in [7, 11) is -7.59. The van der Waals surface area contributed by atoms with Crippen LogP contribution in [0.15, 0.2) is 101 Å². The number of urea groups is 2. The van der Waals surface area contributed by atoms with Crippen LogP contribution in [0.3, 0.4) is 0 Å². The molecule has 0 atom stereocenters. The Balaban J connectivity index is 0.000000248. The highest BCUT2D eigenvalue weighted by atomic mass is 35.5. The normalized spacial score (nSPS) is 10.9. The number of halogens is 2. The van der Waals surface area contributed by atoms with Gasteiger partial charge in [0, 0.05) is 29.2 Å². The molecular formula is C26H23ClFN7O8S2. The van der Waals surface area contributed by atoms with Crippen LogP contribution in [0.5, 0.6) is 0 Å². The number of carbonyl (C=O) groups excluding carboxylic acids is 2. The number of nitro groups is 1. The Morgan fingerprint density at radius 2 is 1.04 bits per heavy atom. The first-order valence-electron chi connectivity index (χ1n) is 12.1. The molecule has 236 valence electrons. The Morgan fingerprint density at radius 1 is 0.667 bits per heavy atom. The molecule has 8 N–H and O–H groups in total. The lowest BCUT2D eigenvalue weighted by Gasteiger charge is -2.09. The number of primary sulfonamides is 2. The molecule has 0 saturated heterocycles. The minimum absolute atomic E-state index is 0.0491. The SMILES string of the molecule is NS(=O)(=O)c1ccc(NC(=O)Nc2cc([N+](=O)[O-])ccc2Cl)cc1.NS(=O)(=O)c1ccc(NC(=O)Nc2ccc(F)cc2)cc1. The molecule has 0 saturated carbocycles. The summed E-state index contributed by atoms with van der Waals surface area (Å²) in [5, 5.41) is 30.6. The molecule has 0 aliphatic rings. The number of nitro benzene ring substituents is 1. The number of non-ortho nitro benzene ring substituents is 1. The molecule has 4 aromatic rings. The number of amides is 4. The summed E-state index contributed by atoms with van der Waals surface area (Å²) in [6, 6.07) is 18.1. The van der Waals surface area contributed by atoms with Gasteiger partial charge in [-0.2, -0.15) is 0 Å². The molecule has 0 unspecified atom stereocenters. The van der Waals surface area contributed by atoms with Crippen LogP contribution in [0.2, 0.25) is 5.02 Å². The fourth-order valence-corrected chi connectivity index (χ4v) is 4.49. The highest BCUT2D eigenvalue weighted by Crippen LogP contribution is 2.27. The van der Waals surface area contributed by atoms with Gasteiger partial charge in [0.1, 0.15) is 5.82 Å². The largest absolute Gasteiger partial charge is 0.323 e. The van der Waals surface area contributed by atoms with Crippen molar-refractivity contribution in [3.8, 4) is 0 Å². The third-order valence-electron chi connectivity index (χ3n) is 5.39. The molecule has 4 aromatic carbocycles. The lowest BCUT2D eigenvalue weighted by atomic mass is 10.3. The van der Waals surface area contributed by atoms with Gasteiger partial charge in [0.05, 0.1) is 25.4 Å². The zero-order chi connectivity index (χ0) is 33.4. The maximum atomic E-state index is 12.7. The summed E-state index contributed by atoms with van der Waals surface area (Å²) < 4.78 is 57.2. The lowest BCUT2D eigenvalue weighted by Crippen LogP contribution is -2.20. The summed E-state index contributed by atoms with van der Waals surface area (Å²) in [4.78, 5) is 33.6. The van der Waals surface area contributed by atoms with E-state index >= 15 is 0 Å². The van der Waals surface area contributed by atoms with Crippen molar-refractivity contribution in [1.82, 2.24) is 0 Å². The highest BCUT2D eigenvalue weighted by Gasteiger charge is 2.13. The zero-order valence-electron chi connectivity index (χ0n) is 22.6. The van der Waals surface area contributed by atoms with Gasteiger partial charge in [-0.1, -0.05) is 11.6 Å². The second kappa shape index (κ2) is 14.6. The van der Waals surface area contributed by atoms with Crippen molar-refractivity contribution in [1.29, 1.82) is 0 Å². The van der Waals surface area contributed by atoms with E-state index in [-0.39, 0.29) is 26.2 Å². The van der Waals surface area contributed by atoms with E-state index < -0.39 is 42.8 Å². The van der Waals surface area contributed by atoms with E-state index in [9.17, 15) is 40.9 Å². The lowest BCUT2D eigenvalue weighted by molar-refractivity contribution is -0.384. The number of nitrogens with zero attached hydrogens (tertiary/aromatic N) is 1. The quantitative estimate of drug-likeness (QED) is 0.118. The minimum Gasteiger partial charge on any atom is -0.308 e.